The molecule has 0 bridgehead atoms. The molecule has 0 fully saturated rings. The summed E-state index contributed by atoms with van der Waals surface area (Å²) in [5.74, 6) is 1.56. The smallest absolute Gasteiger partial charge is 0.150 e. The van der Waals surface area contributed by atoms with E-state index in [2.05, 4.69) is 15.3 Å². The van der Waals surface area contributed by atoms with E-state index in [1.54, 1.807) is 11.3 Å². The van der Waals surface area contributed by atoms with E-state index in [0.29, 0.717) is 11.0 Å². The van der Waals surface area contributed by atoms with E-state index < -0.39 is 0 Å². The van der Waals surface area contributed by atoms with Gasteiger partial charge in [-0.1, -0.05) is 23.7 Å². The minimum absolute atomic E-state index is 0.173. The van der Waals surface area contributed by atoms with Gasteiger partial charge < -0.3 is 4.74 Å². The second-order valence-corrected chi connectivity index (χ2v) is 6.32. The van der Waals surface area contributed by atoms with E-state index in [1.807, 2.05) is 45.0 Å². The maximum Gasteiger partial charge on any atom is 0.150 e. The SMILES string of the molecule is Cc1nc(Cl)c2scc(-c3ccc(OC(C)C)cc3)c2n1. The van der Waals surface area contributed by atoms with Gasteiger partial charge in [0.2, 0.25) is 0 Å². The van der Waals surface area contributed by atoms with Crippen LogP contribution in [0.3, 0.4) is 0 Å². The van der Waals surface area contributed by atoms with Crippen LogP contribution in [0.5, 0.6) is 5.75 Å². The summed E-state index contributed by atoms with van der Waals surface area (Å²) in [5, 5.41) is 2.59. The minimum atomic E-state index is 0.173. The number of hydrogen-bond acceptors (Lipinski definition) is 4. The maximum atomic E-state index is 6.18. The van der Waals surface area contributed by atoms with Crippen molar-refractivity contribution in [3.05, 3.63) is 40.6 Å². The predicted molar refractivity (Wildman–Crippen MR) is 88.4 cm³/mol. The number of hydrogen-bond donors (Lipinski definition) is 0. The van der Waals surface area contributed by atoms with E-state index in [1.165, 1.54) is 0 Å². The molecule has 3 rings (SSSR count). The van der Waals surface area contributed by atoms with Crippen molar-refractivity contribution in [3.63, 3.8) is 0 Å². The first-order valence-electron chi connectivity index (χ1n) is 6.73. The number of aromatic nitrogens is 2. The van der Waals surface area contributed by atoms with E-state index >= 15 is 0 Å². The van der Waals surface area contributed by atoms with Gasteiger partial charge in [0, 0.05) is 10.9 Å². The zero-order chi connectivity index (χ0) is 15.0. The number of nitrogens with zero attached hydrogens (tertiary/aromatic N) is 2. The fourth-order valence-corrected chi connectivity index (χ4v) is 3.42. The van der Waals surface area contributed by atoms with E-state index in [0.717, 1.165) is 27.1 Å². The van der Waals surface area contributed by atoms with Crippen LogP contribution in [0.1, 0.15) is 19.7 Å². The van der Waals surface area contributed by atoms with Crippen molar-refractivity contribution in [2.45, 2.75) is 26.9 Å². The Hall–Kier alpha value is -1.65. The highest BCUT2D eigenvalue weighted by atomic mass is 35.5. The van der Waals surface area contributed by atoms with Crippen molar-refractivity contribution in [2.24, 2.45) is 0 Å². The van der Waals surface area contributed by atoms with Gasteiger partial charge in [-0.3, -0.25) is 0 Å². The van der Waals surface area contributed by atoms with Crippen LogP contribution in [0.2, 0.25) is 5.15 Å². The highest BCUT2D eigenvalue weighted by Crippen LogP contribution is 2.36. The fraction of sp³-hybridized carbons (Fsp3) is 0.250. The number of benzene rings is 1. The second-order valence-electron chi connectivity index (χ2n) is 5.08. The maximum absolute atomic E-state index is 6.18. The Kier molecular flexibility index (Phi) is 3.83. The Morgan fingerprint density at radius 3 is 2.52 bits per heavy atom. The Morgan fingerprint density at radius 1 is 1.14 bits per heavy atom. The molecule has 0 saturated carbocycles. The molecule has 0 aliphatic rings. The van der Waals surface area contributed by atoms with Gasteiger partial charge in [0.25, 0.3) is 0 Å². The van der Waals surface area contributed by atoms with Crippen LogP contribution in [-0.2, 0) is 0 Å². The summed E-state index contributed by atoms with van der Waals surface area (Å²) in [6.07, 6.45) is 0.173. The van der Waals surface area contributed by atoms with Crippen LogP contribution >= 0.6 is 22.9 Å². The quantitative estimate of drug-likeness (QED) is 0.630. The monoisotopic (exact) mass is 318 g/mol. The van der Waals surface area contributed by atoms with Crippen LogP contribution in [-0.4, -0.2) is 16.1 Å². The number of ether oxygens (including phenoxy) is 1. The van der Waals surface area contributed by atoms with Gasteiger partial charge in [0.1, 0.15) is 11.6 Å². The Balaban J connectivity index is 2.04. The lowest BCUT2D eigenvalue weighted by molar-refractivity contribution is 0.242. The number of halogens is 1. The molecule has 108 valence electrons. The molecule has 1 aromatic carbocycles. The summed E-state index contributed by atoms with van der Waals surface area (Å²) < 4.78 is 6.60. The van der Waals surface area contributed by atoms with Crippen molar-refractivity contribution in [1.82, 2.24) is 9.97 Å². The molecule has 0 amide bonds. The van der Waals surface area contributed by atoms with Crippen molar-refractivity contribution >= 4 is 33.2 Å². The molecule has 0 radical (unpaired) electrons. The minimum Gasteiger partial charge on any atom is -0.491 e. The van der Waals surface area contributed by atoms with Crippen molar-refractivity contribution in [1.29, 1.82) is 0 Å². The van der Waals surface area contributed by atoms with Gasteiger partial charge >= 0.3 is 0 Å². The molecular weight excluding hydrogens is 304 g/mol. The van der Waals surface area contributed by atoms with Crippen LogP contribution in [0.4, 0.5) is 0 Å². The molecule has 21 heavy (non-hydrogen) atoms. The Morgan fingerprint density at radius 2 is 1.86 bits per heavy atom. The van der Waals surface area contributed by atoms with Crippen molar-refractivity contribution in [3.8, 4) is 16.9 Å². The predicted octanol–water partition coefficient (Wildman–Crippen LogP) is 5.11. The molecule has 0 saturated heterocycles. The molecule has 3 nitrogen and oxygen atoms in total. The number of rotatable bonds is 3. The summed E-state index contributed by atoms with van der Waals surface area (Å²) in [6, 6.07) is 8.05. The molecule has 0 unspecified atom stereocenters. The third kappa shape index (κ3) is 2.87. The number of fused-ring (bicyclic) bond motifs is 1. The molecule has 5 heteroatoms. The summed E-state index contributed by atoms with van der Waals surface area (Å²) in [5.41, 5.74) is 3.10. The standard InChI is InChI=1S/C16H15ClN2OS/c1-9(2)20-12-6-4-11(5-7-12)13-8-21-15-14(13)18-10(3)19-16(15)17/h4-9H,1-3H3. The highest BCUT2D eigenvalue weighted by Gasteiger charge is 2.12. The van der Waals surface area contributed by atoms with E-state index in [4.69, 9.17) is 16.3 Å². The molecule has 2 aromatic heterocycles. The zero-order valence-corrected chi connectivity index (χ0v) is 13.6. The third-order valence-electron chi connectivity index (χ3n) is 3.02. The lowest BCUT2D eigenvalue weighted by Gasteiger charge is -2.09. The van der Waals surface area contributed by atoms with Crippen LogP contribution in [0.15, 0.2) is 29.6 Å². The summed E-state index contributed by atoms with van der Waals surface area (Å²) >= 11 is 7.76. The van der Waals surface area contributed by atoms with Crippen LogP contribution < -0.4 is 4.74 Å². The van der Waals surface area contributed by atoms with Crippen molar-refractivity contribution < 1.29 is 4.74 Å². The summed E-state index contributed by atoms with van der Waals surface area (Å²) in [6.45, 7) is 5.89. The summed E-state index contributed by atoms with van der Waals surface area (Å²) in [7, 11) is 0. The van der Waals surface area contributed by atoms with Gasteiger partial charge in [-0.2, -0.15) is 0 Å². The zero-order valence-electron chi connectivity index (χ0n) is 12.1. The lowest BCUT2D eigenvalue weighted by Crippen LogP contribution is -2.05. The topological polar surface area (TPSA) is 35.0 Å². The highest BCUT2D eigenvalue weighted by molar-refractivity contribution is 7.18. The number of thiophene rings is 1. The molecule has 3 aromatic rings. The lowest BCUT2D eigenvalue weighted by atomic mass is 10.1. The Bertz CT molecular complexity index is 781. The van der Waals surface area contributed by atoms with Gasteiger partial charge in [-0.15, -0.1) is 11.3 Å². The van der Waals surface area contributed by atoms with E-state index in [-0.39, 0.29) is 6.10 Å². The average Bonchev–Trinajstić information content (AvgIpc) is 2.83. The molecular formula is C16H15ClN2OS. The van der Waals surface area contributed by atoms with Gasteiger partial charge in [-0.05, 0) is 38.5 Å². The van der Waals surface area contributed by atoms with Crippen LogP contribution in [0, 0.1) is 6.92 Å². The van der Waals surface area contributed by atoms with Gasteiger partial charge in [0.05, 0.1) is 16.3 Å². The van der Waals surface area contributed by atoms with E-state index in [9.17, 15) is 0 Å². The first-order chi connectivity index (χ1) is 10.0. The molecule has 0 atom stereocenters. The molecule has 2 heterocycles. The fourth-order valence-electron chi connectivity index (χ4n) is 2.18. The normalized spacial score (nSPS) is 11.3. The molecule has 0 aliphatic heterocycles. The van der Waals surface area contributed by atoms with Crippen molar-refractivity contribution in [2.75, 3.05) is 0 Å². The van der Waals surface area contributed by atoms with Crippen LogP contribution in [0.25, 0.3) is 21.3 Å². The first kappa shape index (κ1) is 14.3. The largest absolute Gasteiger partial charge is 0.491 e. The second kappa shape index (κ2) is 5.62. The Labute approximate surface area is 132 Å². The average molecular weight is 319 g/mol. The van der Waals surface area contributed by atoms with Gasteiger partial charge in [0.15, 0.2) is 5.15 Å². The molecule has 0 aliphatic carbocycles. The third-order valence-corrected chi connectivity index (χ3v) is 4.38. The van der Waals surface area contributed by atoms with Gasteiger partial charge in [-0.25, -0.2) is 9.97 Å². The summed E-state index contributed by atoms with van der Waals surface area (Å²) in [4.78, 5) is 8.73. The molecule has 0 N–H and O–H groups in total. The molecule has 0 spiro atoms. The first-order valence-corrected chi connectivity index (χ1v) is 7.99. The number of aryl methyl sites for hydroxylation is 1.